The summed E-state index contributed by atoms with van der Waals surface area (Å²) in [6.07, 6.45) is 6.93. The van der Waals surface area contributed by atoms with Crippen molar-refractivity contribution in [3.63, 3.8) is 0 Å². The number of ether oxygens (including phenoxy) is 1. The molecule has 33 heavy (non-hydrogen) atoms. The molecule has 0 fully saturated rings. The number of alkyl halides is 1. The molecule has 0 spiro atoms. The number of nitrogens with zero attached hydrogens (tertiary/aromatic N) is 7. The van der Waals surface area contributed by atoms with Crippen LogP contribution in [0, 0.1) is 6.92 Å². The van der Waals surface area contributed by atoms with E-state index in [9.17, 15) is 4.39 Å². The summed E-state index contributed by atoms with van der Waals surface area (Å²) in [6, 6.07) is 3.87. The van der Waals surface area contributed by atoms with Crippen LogP contribution in [-0.4, -0.2) is 49.1 Å². The van der Waals surface area contributed by atoms with E-state index in [0.717, 1.165) is 59.4 Å². The Hall–Kier alpha value is -3.27. The zero-order valence-electron chi connectivity index (χ0n) is 18.5. The molecule has 0 saturated carbocycles. The van der Waals surface area contributed by atoms with Crippen LogP contribution in [0.25, 0.3) is 17.1 Å². The zero-order valence-corrected chi connectivity index (χ0v) is 19.3. The van der Waals surface area contributed by atoms with Crippen molar-refractivity contribution in [3.8, 4) is 23.0 Å². The molecule has 0 aromatic carbocycles. The summed E-state index contributed by atoms with van der Waals surface area (Å²) in [5.74, 6) is 1.50. The Labute approximate surface area is 194 Å². The van der Waals surface area contributed by atoms with Gasteiger partial charge in [-0.25, -0.2) is 24.0 Å². The van der Waals surface area contributed by atoms with E-state index in [4.69, 9.17) is 14.8 Å². The molecule has 0 amide bonds. The van der Waals surface area contributed by atoms with Crippen LogP contribution in [0.15, 0.2) is 30.0 Å². The summed E-state index contributed by atoms with van der Waals surface area (Å²) in [4.78, 5) is 15.8. The van der Waals surface area contributed by atoms with E-state index in [2.05, 4.69) is 9.97 Å². The van der Waals surface area contributed by atoms with E-state index in [1.165, 1.54) is 16.9 Å². The lowest BCUT2D eigenvalue weighted by atomic mass is 9.97. The molecule has 170 valence electrons. The average Bonchev–Trinajstić information content (AvgIpc) is 3.56. The van der Waals surface area contributed by atoms with Gasteiger partial charge in [0.15, 0.2) is 5.13 Å². The largest absolute Gasteiger partial charge is 0.479 e. The number of aryl methyl sites for hydroxylation is 2. The predicted octanol–water partition coefficient (Wildman–Crippen LogP) is 4.27. The van der Waals surface area contributed by atoms with Crippen molar-refractivity contribution in [2.24, 2.45) is 0 Å². The molecular formula is C23H24FN7OS. The van der Waals surface area contributed by atoms with Gasteiger partial charge in [0.05, 0.1) is 43.6 Å². The smallest absolute Gasteiger partial charge is 0.238 e. The van der Waals surface area contributed by atoms with Crippen molar-refractivity contribution in [3.05, 3.63) is 47.0 Å². The van der Waals surface area contributed by atoms with Crippen molar-refractivity contribution < 1.29 is 9.13 Å². The molecule has 0 saturated heterocycles. The van der Waals surface area contributed by atoms with Gasteiger partial charge in [0.25, 0.3) is 0 Å². The number of halogens is 1. The summed E-state index contributed by atoms with van der Waals surface area (Å²) in [5.41, 5.74) is 5.54. The topological polar surface area (TPSA) is 73.9 Å². The Bertz CT molecular complexity index is 1330. The molecule has 1 unspecified atom stereocenters. The first-order chi connectivity index (χ1) is 16.1. The number of methoxy groups -OCH3 is 1. The number of hydrogen-bond donors (Lipinski definition) is 0. The Kier molecular flexibility index (Phi) is 4.90. The minimum absolute atomic E-state index is 0.292. The predicted molar refractivity (Wildman–Crippen MR) is 125 cm³/mol. The lowest BCUT2D eigenvalue weighted by Crippen LogP contribution is -2.37. The molecule has 1 atom stereocenters. The van der Waals surface area contributed by atoms with Crippen LogP contribution >= 0.6 is 11.3 Å². The highest BCUT2D eigenvalue weighted by Crippen LogP contribution is 2.40. The van der Waals surface area contributed by atoms with Crippen molar-refractivity contribution in [2.45, 2.75) is 45.3 Å². The number of thiazole rings is 1. The monoisotopic (exact) mass is 465 g/mol. The first-order valence-corrected chi connectivity index (χ1v) is 12.0. The average molecular weight is 466 g/mol. The van der Waals surface area contributed by atoms with Crippen molar-refractivity contribution >= 4 is 22.3 Å². The van der Waals surface area contributed by atoms with Crippen LogP contribution in [0.1, 0.15) is 29.8 Å². The second-order valence-electron chi connectivity index (χ2n) is 8.51. The molecule has 8 nitrogen and oxygen atoms in total. The number of fused-ring (bicyclic) bond motifs is 3. The fraction of sp³-hybridized carbons (Fsp3) is 0.391. The second-order valence-corrected chi connectivity index (χ2v) is 9.35. The van der Waals surface area contributed by atoms with Crippen LogP contribution in [0.2, 0.25) is 0 Å². The van der Waals surface area contributed by atoms with Crippen LogP contribution < -0.4 is 9.64 Å². The SMILES string of the molecule is COc1nc(-c2csc(N3CC(F)Cn4nc5c(c43)CCCC5)n2)ccc1-n1cnc(C)c1. The van der Waals surface area contributed by atoms with Crippen LogP contribution in [0.5, 0.6) is 5.88 Å². The van der Waals surface area contributed by atoms with E-state index in [1.807, 2.05) is 44.8 Å². The third kappa shape index (κ3) is 3.49. The third-order valence-electron chi connectivity index (χ3n) is 6.21. The summed E-state index contributed by atoms with van der Waals surface area (Å²) < 4.78 is 23.9. The first kappa shape index (κ1) is 20.3. The van der Waals surface area contributed by atoms with Gasteiger partial charge < -0.3 is 9.30 Å². The number of aromatic nitrogens is 6. The highest BCUT2D eigenvalue weighted by molar-refractivity contribution is 7.14. The first-order valence-electron chi connectivity index (χ1n) is 11.1. The maximum absolute atomic E-state index is 14.6. The van der Waals surface area contributed by atoms with Gasteiger partial charge in [-0.15, -0.1) is 11.3 Å². The molecule has 2 aliphatic rings. The van der Waals surface area contributed by atoms with Gasteiger partial charge in [-0.2, -0.15) is 5.10 Å². The van der Waals surface area contributed by atoms with E-state index in [1.54, 1.807) is 13.4 Å². The van der Waals surface area contributed by atoms with Crippen LogP contribution in [-0.2, 0) is 19.4 Å². The summed E-state index contributed by atoms with van der Waals surface area (Å²) in [6.45, 7) is 2.54. The molecular weight excluding hydrogens is 441 g/mol. The number of imidazole rings is 1. The standard InChI is InChI=1S/C23H24FN7OS/c1-14-9-29(13-25-14)20-8-7-18(26-21(20)32-2)19-12-33-23(27-19)30-10-15(24)11-31-22(30)16-5-3-4-6-17(16)28-31/h7-9,12-13,15H,3-6,10-11H2,1-2H3. The van der Waals surface area contributed by atoms with Gasteiger partial charge in [-0.1, -0.05) is 0 Å². The molecule has 4 aromatic heterocycles. The lowest BCUT2D eigenvalue weighted by molar-refractivity contribution is 0.275. The summed E-state index contributed by atoms with van der Waals surface area (Å²) in [5, 5.41) is 7.45. The quantitative estimate of drug-likeness (QED) is 0.448. The fourth-order valence-corrected chi connectivity index (χ4v) is 5.53. The Morgan fingerprint density at radius 3 is 2.82 bits per heavy atom. The highest BCUT2D eigenvalue weighted by atomic mass is 32.1. The highest BCUT2D eigenvalue weighted by Gasteiger charge is 2.33. The van der Waals surface area contributed by atoms with Crippen LogP contribution in [0.3, 0.4) is 0 Å². The maximum atomic E-state index is 14.6. The van der Waals surface area contributed by atoms with Gasteiger partial charge >= 0.3 is 0 Å². The van der Waals surface area contributed by atoms with E-state index in [-0.39, 0.29) is 0 Å². The minimum Gasteiger partial charge on any atom is -0.479 e. The number of pyridine rings is 1. The Morgan fingerprint density at radius 2 is 2.00 bits per heavy atom. The zero-order chi connectivity index (χ0) is 22.5. The molecule has 5 heterocycles. The molecule has 0 radical (unpaired) electrons. The van der Waals surface area contributed by atoms with Gasteiger partial charge in [0, 0.05) is 17.1 Å². The molecule has 10 heteroatoms. The van der Waals surface area contributed by atoms with E-state index < -0.39 is 6.17 Å². The lowest BCUT2D eigenvalue weighted by Gasteiger charge is -2.30. The van der Waals surface area contributed by atoms with Crippen molar-refractivity contribution in [1.29, 1.82) is 0 Å². The maximum Gasteiger partial charge on any atom is 0.238 e. The van der Waals surface area contributed by atoms with Gasteiger partial charge in [-0.3, -0.25) is 4.90 Å². The number of anilines is 2. The fourth-order valence-electron chi connectivity index (χ4n) is 4.70. The summed E-state index contributed by atoms with van der Waals surface area (Å²) >= 11 is 1.50. The van der Waals surface area contributed by atoms with Crippen molar-refractivity contribution in [1.82, 2.24) is 29.3 Å². The molecule has 0 bridgehead atoms. The van der Waals surface area contributed by atoms with Crippen molar-refractivity contribution in [2.75, 3.05) is 18.6 Å². The van der Waals surface area contributed by atoms with E-state index in [0.29, 0.717) is 24.7 Å². The molecule has 1 aliphatic carbocycles. The van der Waals surface area contributed by atoms with Gasteiger partial charge in [-0.05, 0) is 44.7 Å². The third-order valence-corrected chi connectivity index (χ3v) is 7.07. The summed E-state index contributed by atoms with van der Waals surface area (Å²) in [7, 11) is 1.60. The second kappa shape index (κ2) is 7.95. The van der Waals surface area contributed by atoms with E-state index >= 15 is 0 Å². The Morgan fingerprint density at radius 1 is 1.12 bits per heavy atom. The normalized spacial score (nSPS) is 17.7. The number of rotatable bonds is 4. The molecule has 4 aromatic rings. The van der Waals surface area contributed by atoms with Gasteiger partial charge in [0.2, 0.25) is 5.88 Å². The molecule has 0 N–H and O–H groups in total. The van der Waals surface area contributed by atoms with Crippen LogP contribution in [0.4, 0.5) is 15.3 Å². The minimum atomic E-state index is -0.984. The van der Waals surface area contributed by atoms with Gasteiger partial charge in [0.1, 0.15) is 23.4 Å². The Balaban J connectivity index is 1.36. The molecule has 1 aliphatic heterocycles. The number of hydrogen-bond acceptors (Lipinski definition) is 7. The molecule has 6 rings (SSSR count).